The van der Waals surface area contributed by atoms with Crippen molar-refractivity contribution >= 4 is 21.8 Å². The molecule has 0 spiro atoms. The van der Waals surface area contributed by atoms with Crippen LogP contribution >= 0.6 is 15.9 Å². The minimum Gasteiger partial charge on any atom is -0.496 e. The Morgan fingerprint density at radius 1 is 1.56 bits per heavy atom. The van der Waals surface area contributed by atoms with Crippen LogP contribution in [0.5, 0.6) is 5.75 Å². The van der Waals surface area contributed by atoms with Gasteiger partial charge >= 0.3 is 0 Å². The molecule has 1 rings (SSSR count). The van der Waals surface area contributed by atoms with E-state index in [0.29, 0.717) is 24.4 Å². The van der Waals surface area contributed by atoms with E-state index in [0.717, 1.165) is 4.47 Å². The summed E-state index contributed by atoms with van der Waals surface area (Å²) >= 11 is 3.36. The van der Waals surface area contributed by atoms with Crippen molar-refractivity contribution in [2.45, 2.75) is 6.92 Å². The van der Waals surface area contributed by atoms with Crippen LogP contribution in [-0.4, -0.2) is 38.1 Å². The van der Waals surface area contributed by atoms with E-state index in [1.807, 2.05) is 13.0 Å². The lowest BCUT2D eigenvalue weighted by Crippen LogP contribution is -2.33. The summed E-state index contributed by atoms with van der Waals surface area (Å²) in [5.74, 6) is 0.793. The molecule has 1 aromatic rings. The van der Waals surface area contributed by atoms with Crippen LogP contribution in [0.15, 0.2) is 22.7 Å². The Hall–Kier alpha value is -1.07. The molecule has 4 nitrogen and oxygen atoms in total. The van der Waals surface area contributed by atoms with Crippen LogP contribution in [0.4, 0.5) is 0 Å². The van der Waals surface area contributed by atoms with Crippen molar-refractivity contribution in [2.24, 2.45) is 11.7 Å². The molecule has 0 aromatic heterocycles. The number of halogens is 1. The number of rotatable bonds is 5. The predicted octanol–water partition coefficient (Wildman–Crippen LogP) is 2.12. The normalized spacial score (nSPS) is 12.1. The number of benzene rings is 1. The third kappa shape index (κ3) is 3.71. The van der Waals surface area contributed by atoms with Gasteiger partial charge in [-0.2, -0.15) is 0 Å². The Morgan fingerprint density at radius 3 is 2.78 bits per heavy atom. The zero-order valence-corrected chi connectivity index (χ0v) is 12.5. The monoisotopic (exact) mass is 314 g/mol. The minimum absolute atomic E-state index is 0.0616. The van der Waals surface area contributed by atoms with E-state index in [2.05, 4.69) is 15.9 Å². The summed E-state index contributed by atoms with van der Waals surface area (Å²) < 4.78 is 6.06. The van der Waals surface area contributed by atoms with Crippen molar-refractivity contribution in [3.8, 4) is 5.75 Å². The van der Waals surface area contributed by atoms with Crippen LogP contribution in [0.3, 0.4) is 0 Å². The van der Waals surface area contributed by atoms with Gasteiger partial charge in [0.2, 0.25) is 0 Å². The van der Waals surface area contributed by atoms with E-state index in [4.69, 9.17) is 10.5 Å². The van der Waals surface area contributed by atoms with Crippen LogP contribution in [0.2, 0.25) is 0 Å². The van der Waals surface area contributed by atoms with Crippen molar-refractivity contribution in [2.75, 3.05) is 27.2 Å². The lowest BCUT2D eigenvalue weighted by molar-refractivity contribution is 0.0774. The first kappa shape index (κ1) is 15.0. The van der Waals surface area contributed by atoms with E-state index >= 15 is 0 Å². The molecule has 5 heteroatoms. The highest BCUT2D eigenvalue weighted by atomic mass is 79.9. The highest BCUT2D eigenvalue weighted by molar-refractivity contribution is 9.10. The second-order valence-electron chi connectivity index (χ2n) is 4.37. The van der Waals surface area contributed by atoms with Gasteiger partial charge in [-0.05, 0) is 30.7 Å². The van der Waals surface area contributed by atoms with Gasteiger partial charge in [0, 0.05) is 18.1 Å². The number of nitrogens with two attached hydrogens (primary N) is 1. The number of hydrogen-bond acceptors (Lipinski definition) is 3. The Bertz CT molecular complexity index is 423. The number of amides is 1. The van der Waals surface area contributed by atoms with Gasteiger partial charge in [-0.3, -0.25) is 4.79 Å². The summed E-state index contributed by atoms with van der Waals surface area (Å²) in [7, 11) is 3.33. The Balaban J connectivity index is 2.92. The van der Waals surface area contributed by atoms with Crippen molar-refractivity contribution < 1.29 is 9.53 Å². The van der Waals surface area contributed by atoms with Crippen LogP contribution < -0.4 is 10.5 Å². The van der Waals surface area contributed by atoms with E-state index in [1.165, 1.54) is 0 Å². The Kier molecular flexibility index (Phi) is 5.62. The lowest BCUT2D eigenvalue weighted by atomic mass is 10.1. The standard InChI is InChI=1S/C13H19BrN2O2/c1-9(7-15)8-16(2)13(17)11-6-10(14)4-5-12(11)18-3/h4-6,9H,7-8,15H2,1-3H3. The summed E-state index contributed by atoms with van der Waals surface area (Å²) in [6, 6.07) is 5.39. The molecule has 0 saturated carbocycles. The molecule has 0 fully saturated rings. The first-order chi connectivity index (χ1) is 8.49. The molecule has 1 atom stereocenters. The molecule has 0 aliphatic rings. The molecule has 1 unspecified atom stereocenters. The van der Waals surface area contributed by atoms with Gasteiger partial charge < -0.3 is 15.4 Å². The average molecular weight is 315 g/mol. The topological polar surface area (TPSA) is 55.6 Å². The Labute approximate surface area is 116 Å². The second-order valence-corrected chi connectivity index (χ2v) is 5.29. The SMILES string of the molecule is COc1ccc(Br)cc1C(=O)N(C)CC(C)CN. The van der Waals surface area contributed by atoms with Crippen LogP contribution in [-0.2, 0) is 0 Å². The fourth-order valence-corrected chi connectivity index (χ4v) is 2.04. The number of nitrogens with zero attached hydrogens (tertiary/aromatic N) is 1. The molecule has 18 heavy (non-hydrogen) atoms. The van der Waals surface area contributed by atoms with Gasteiger partial charge in [0.25, 0.3) is 5.91 Å². The minimum atomic E-state index is -0.0616. The van der Waals surface area contributed by atoms with E-state index in [-0.39, 0.29) is 11.8 Å². The number of hydrogen-bond donors (Lipinski definition) is 1. The third-order valence-electron chi connectivity index (χ3n) is 2.73. The van der Waals surface area contributed by atoms with Crippen LogP contribution in [0, 0.1) is 5.92 Å². The molecule has 1 aromatic carbocycles. The molecule has 0 aliphatic carbocycles. The number of carbonyl (C=O) groups is 1. The zero-order chi connectivity index (χ0) is 13.7. The highest BCUT2D eigenvalue weighted by Gasteiger charge is 2.18. The fraction of sp³-hybridized carbons (Fsp3) is 0.462. The fourth-order valence-electron chi connectivity index (χ4n) is 1.68. The zero-order valence-electron chi connectivity index (χ0n) is 10.9. The second kappa shape index (κ2) is 6.75. The maximum atomic E-state index is 12.3. The quantitative estimate of drug-likeness (QED) is 0.905. The molecule has 0 heterocycles. The van der Waals surface area contributed by atoms with E-state index in [1.54, 1.807) is 31.2 Å². The van der Waals surface area contributed by atoms with Gasteiger partial charge in [-0.15, -0.1) is 0 Å². The number of carbonyl (C=O) groups excluding carboxylic acids is 1. The summed E-state index contributed by atoms with van der Waals surface area (Å²) in [6.45, 7) is 3.21. The lowest BCUT2D eigenvalue weighted by Gasteiger charge is -2.21. The number of methoxy groups -OCH3 is 1. The van der Waals surface area contributed by atoms with E-state index in [9.17, 15) is 4.79 Å². The molecule has 0 radical (unpaired) electrons. The van der Waals surface area contributed by atoms with Crippen molar-refractivity contribution in [1.82, 2.24) is 4.90 Å². The van der Waals surface area contributed by atoms with Crippen molar-refractivity contribution in [3.05, 3.63) is 28.2 Å². The first-order valence-electron chi connectivity index (χ1n) is 5.78. The summed E-state index contributed by atoms with van der Waals surface area (Å²) in [4.78, 5) is 14.0. The highest BCUT2D eigenvalue weighted by Crippen LogP contribution is 2.24. The average Bonchev–Trinajstić information content (AvgIpc) is 2.37. The van der Waals surface area contributed by atoms with Crippen molar-refractivity contribution in [3.63, 3.8) is 0 Å². The van der Waals surface area contributed by atoms with Crippen molar-refractivity contribution in [1.29, 1.82) is 0 Å². The molecule has 100 valence electrons. The maximum Gasteiger partial charge on any atom is 0.257 e. The largest absolute Gasteiger partial charge is 0.496 e. The maximum absolute atomic E-state index is 12.3. The van der Waals surface area contributed by atoms with Gasteiger partial charge in [-0.25, -0.2) is 0 Å². The van der Waals surface area contributed by atoms with Crippen LogP contribution in [0.25, 0.3) is 0 Å². The first-order valence-corrected chi connectivity index (χ1v) is 6.58. The third-order valence-corrected chi connectivity index (χ3v) is 3.22. The Morgan fingerprint density at radius 2 is 2.22 bits per heavy atom. The molecule has 0 saturated heterocycles. The summed E-state index contributed by atoms with van der Waals surface area (Å²) in [5, 5.41) is 0. The molecule has 1 amide bonds. The van der Waals surface area contributed by atoms with Crippen LogP contribution in [0.1, 0.15) is 17.3 Å². The molecule has 0 aliphatic heterocycles. The molecular formula is C13H19BrN2O2. The van der Waals surface area contributed by atoms with Gasteiger partial charge in [0.05, 0.1) is 12.7 Å². The van der Waals surface area contributed by atoms with Gasteiger partial charge in [0.1, 0.15) is 5.75 Å². The predicted molar refractivity (Wildman–Crippen MR) is 75.9 cm³/mol. The van der Waals surface area contributed by atoms with Gasteiger partial charge in [0.15, 0.2) is 0 Å². The molecular weight excluding hydrogens is 296 g/mol. The summed E-state index contributed by atoms with van der Waals surface area (Å²) in [5.41, 5.74) is 6.12. The summed E-state index contributed by atoms with van der Waals surface area (Å²) in [6.07, 6.45) is 0. The number of ether oxygens (including phenoxy) is 1. The van der Waals surface area contributed by atoms with E-state index < -0.39 is 0 Å². The smallest absolute Gasteiger partial charge is 0.257 e. The molecule has 0 bridgehead atoms. The molecule has 2 N–H and O–H groups in total. The van der Waals surface area contributed by atoms with Gasteiger partial charge in [-0.1, -0.05) is 22.9 Å².